The summed E-state index contributed by atoms with van der Waals surface area (Å²) in [6.45, 7) is 2.05. The Labute approximate surface area is 179 Å². The molecule has 0 unspecified atom stereocenters. The SMILES string of the molecule is O=S(=O)(Nc1ccc(-c2ccc(N3CCCCCC3)nn2)cc1)c1ccc(Cl)s1. The highest BCUT2D eigenvalue weighted by molar-refractivity contribution is 7.94. The quantitative estimate of drug-likeness (QED) is 0.591. The molecule has 3 aromatic rings. The molecule has 0 bridgehead atoms. The Bertz CT molecular complexity index is 1060. The first-order chi connectivity index (χ1) is 14.0. The summed E-state index contributed by atoms with van der Waals surface area (Å²) in [7, 11) is -3.64. The summed E-state index contributed by atoms with van der Waals surface area (Å²) in [4.78, 5) is 2.29. The van der Waals surface area contributed by atoms with E-state index in [0.717, 1.165) is 41.5 Å². The summed E-state index contributed by atoms with van der Waals surface area (Å²) in [6.07, 6.45) is 4.94. The molecule has 0 saturated carbocycles. The van der Waals surface area contributed by atoms with Gasteiger partial charge in [-0.05, 0) is 49.2 Å². The van der Waals surface area contributed by atoms with Crippen LogP contribution in [0.15, 0.2) is 52.7 Å². The first kappa shape index (κ1) is 20.1. The fraction of sp³-hybridized carbons (Fsp3) is 0.300. The largest absolute Gasteiger partial charge is 0.355 e. The second-order valence-electron chi connectivity index (χ2n) is 6.92. The number of aromatic nitrogens is 2. The number of hydrogen-bond donors (Lipinski definition) is 1. The highest BCUT2D eigenvalue weighted by Crippen LogP contribution is 2.28. The van der Waals surface area contributed by atoms with Crippen molar-refractivity contribution in [1.82, 2.24) is 10.2 Å². The number of nitrogens with one attached hydrogen (secondary N) is 1. The van der Waals surface area contributed by atoms with Crippen LogP contribution in [0, 0.1) is 0 Å². The maximum Gasteiger partial charge on any atom is 0.271 e. The van der Waals surface area contributed by atoms with Gasteiger partial charge in [0, 0.05) is 24.3 Å². The van der Waals surface area contributed by atoms with Gasteiger partial charge in [0.2, 0.25) is 0 Å². The summed E-state index contributed by atoms with van der Waals surface area (Å²) < 4.78 is 28.0. The van der Waals surface area contributed by atoms with Gasteiger partial charge >= 0.3 is 0 Å². The van der Waals surface area contributed by atoms with Gasteiger partial charge in [-0.3, -0.25) is 4.72 Å². The van der Waals surface area contributed by atoms with E-state index in [0.29, 0.717) is 10.0 Å². The summed E-state index contributed by atoms with van der Waals surface area (Å²) in [6, 6.07) is 14.1. The molecule has 1 N–H and O–H groups in total. The van der Waals surface area contributed by atoms with Gasteiger partial charge in [-0.1, -0.05) is 36.6 Å². The number of nitrogens with zero attached hydrogens (tertiary/aromatic N) is 3. The average molecular weight is 449 g/mol. The number of anilines is 2. The molecule has 2 aromatic heterocycles. The van der Waals surface area contributed by atoms with E-state index < -0.39 is 10.0 Å². The standard InChI is InChI=1S/C20H21ClN4O2S2/c21-18-10-12-20(28-18)29(26,27)24-16-7-5-15(6-8-16)17-9-11-19(23-22-17)25-13-3-1-2-4-14-25/h5-12,24H,1-4,13-14H2. The number of benzene rings is 1. The molecule has 0 spiro atoms. The molecule has 29 heavy (non-hydrogen) atoms. The van der Waals surface area contributed by atoms with Crippen LogP contribution in [0.25, 0.3) is 11.3 Å². The lowest BCUT2D eigenvalue weighted by Crippen LogP contribution is -2.25. The molecular formula is C20H21ClN4O2S2. The maximum atomic E-state index is 12.4. The van der Waals surface area contributed by atoms with E-state index in [-0.39, 0.29) is 4.21 Å². The Morgan fingerprint density at radius 1 is 0.897 bits per heavy atom. The number of hydrogen-bond acceptors (Lipinski definition) is 6. The number of rotatable bonds is 5. The monoisotopic (exact) mass is 448 g/mol. The van der Waals surface area contributed by atoms with Crippen molar-refractivity contribution in [2.75, 3.05) is 22.7 Å². The van der Waals surface area contributed by atoms with Crippen molar-refractivity contribution < 1.29 is 8.42 Å². The highest BCUT2D eigenvalue weighted by Gasteiger charge is 2.17. The molecule has 9 heteroatoms. The number of thiophene rings is 1. The lowest BCUT2D eigenvalue weighted by molar-refractivity contribution is 0.603. The van der Waals surface area contributed by atoms with Crippen molar-refractivity contribution in [3.05, 3.63) is 52.9 Å². The van der Waals surface area contributed by atoms with E-state index in [2.05, 4.69) is 19.8 Å². The average Bonchev–Trinajstić information content (AvgIpc) is 3.00. The van der Waals surface area contributed by atoms with E-state index >= 15 is 0 Å². The maximum absolute atomic E-state index is 12.4. The van der Waals surface area contributed by atoms with Gasteiger partial charge in [0.25, 0.3) is 10.0 Å². The molecule has 6 nitrogen and oxygen atoms in total. The third kappa shape index (κ3) is 4.88. The van der Waals surface area contributed by atoms with Gasteiger partial charge in [-0.25, -0.2) is 8.42 Å². The summed E-state index contributed by atoms with van der Waals surface area (Å²) in [5.74, 6) is 0.912. The molecule has 3 heterocycles. The van der Waals surface area contributed by atoms with Gasteiger partial charge in [0.05, 0.1) is 10.0 Å². The topological polar surface area (TPSA) is 75.2 Å². The zero-order valence-electron chi connectivity index (χ0n) is 15.7. The van der Waals surface area contributed by atoms with Crippen LogP contribution in [0.4, 0.5) is 11.5 Å². The van der Waals surface area contributed by atoms with Crippen molar-refractivity contribution in [3.63, 3.8) is 0 Å². The predicted octanol–water partition coefficient (Wildman–Crippen LogP) is 5.04. The van der Waals surface area contributed by atoms with Gasteiger partial charge < -0.3 is 4.90 Å². The van der Waals surface area contributed by atoms with E-state index in [4.69, 9.17) is 11.6 Å². The van der Waals surface area contributed by atoms with Crippen LogP contribution < -0.4 is 9.62 Å². The van der Waals surface area contributed by atoms with Crippen LogP contribution in [0.5, 0.6) is 0 Å². The van der Waals surface area contributed by atoms with E-state index in [9.17, 15) is 8.42 Å². The molecule has 0 radical (unpaired) electrons. The van der Waals surface area contributed by atoms with Gasteiger partial charge in [0.1, 0.15) is 4.21 Å². The molecular weight excluding hydrogens is 428 g/mol. The Morgan fingerprint density at radius 2 is 1.62 bits per heavy atom. The highest BCUT2D eigenvalue weighted by atomic mass is 35.5. The fourth-order valence-electron chi connectivity index (χ4n) is 3.30. The molecule has 1 aliphatic heterocycles. The summed E-state index contributed by atoms with van der Waals surface area (Å²) >= 11 is 6.86. The zero-order valence-corrected chi connectivity index (χ0v) is 18.1. The predicted molar refractivity (Wildman–Crippen MR) is 118 cm³/mol. The number of sulfonamides is 1. The summed E-state index contributed by atoms with van der Waals surface area (Å²) in [5, 5.41) is 8.76. The molecule has 1 aromatic carbocycles. The smallest absolute Gasteiger partial charge is 0.271 e. The number of halogens is 1. The Kier molecular flexibility index (Phi) is 6.03. The first-order valence-corrected chi connectivity index (χ1v) is 12.2. The van der Waals surface area contributed by atoms with Crippen LogP contribution in [0.2, 0.25) is 4.34 Å². The Morgan fingerprint density at radius 3 is 2.21 bits per heavy atom. The molecule has 1 fully saturated rings. The zero-order chi connectivity index (χ0) is 20.3. The fourth-order valence-corrected chi connectivity index (χ4v) is 5.85. The van der Waals surface area contributed by atoms with Crippen molar-refractivity contribution in [2.24, 2.45) is 0 Å². The Hall–Kier alpha value is -2.16. The lowest BCUT2D eigenvalue weighted by Gasteiger charge is -2.20. The molecule has 152 valence electrons. The van der Waals surface area contributed by atoms with E-state index in [1.54, 1.807) is 18.2 Å². The summed E-state index contributed by atoms with van der Waals surface area (Å²) in [5.41, 5.74) is 2.11. The Balaban J connectivity index is 1.46. The van der Waals surface area contributed by atoms with Crippen LogP contribution in [-0.4, -0.2) is 31.7 Å². The molecule has 0 amide bonds. The molecule has 0 atom stereocenters. The van der Waals surface area contributed by atoms with Crippen molar-refractivity contribution in [2.45, 2.75) is 29.9 Å². The second kappa shape index (κ2) is 8.69. The minimum atomic E-state index is -3.64. The normalized spacial score (nSPS) is 15.1. The van der Waals surface area contributed by atoms with Crippen molar-refractivity contribution in [3.8, 4) is 11.3 Å². The second-order valence-corrected chi connectivity index (χ2v) is 10.5. The van der Waals surface area contributed by atoms with Crippen molar-refractivity contribution >= 4 is 44.5 Å². The van der Waals surface area contributed by atoms with Gasteiger partial charge in [-0.2, -0.15) is 0 Å². The molecule has 0 aliphatic carbocycles. The van der Waals surface area contributed by atoms with Gasteiger partial charge in [-0.15, -0.1) is 21.5 Å². The van der Waals surface area contributed by atoms with E-state index in [1.807, 2.05) is 24.3 Å². The minimum Gasteiger partial charge on any atom is -0.355 e. The first-order valence-electron chi connectivity index (χ1n) is 9.48. The minimum absolute atomic E-state index is 0.182. The van der Waals surface area contributed by atoms with Gasteiger partial charge in [0.15, 0.2) is 5.82 Å². The third-order valence-corrected chi connectivity index (χ3v) is 7.93. The van der Waals surface area contributed by atoms with Crippen LogP contribution >= 0.6 is 22.9 Å². The van der Waals surface area contributed by atoms with Crippen LogP contribution in [-0.2, 0) is 10.0 Å². The third-order valence-electron chi connectivity index (χ3n) is 4.83. The molecule has 1 aliphatic rings. The van der Waals surface area contributed by atoms with Crippen LogP contribution in [0.1, 0.15) is 25.7 Å². The van der Waals surface area contributed by atoms with Crippen molar-refractivity contribution in [1.29, 1.82) is 0 Å². The molecule has 1 saturated heterocycles. The van der Waals surface area contributed by atoms with Crippen LogP contribution in [0.3, 0.4) is 0 Å². The lowest BCUT2D eigenvalue weighted by atomic mass is 10.1. The molecule has 4 rings (SSSR count). The van der Waals surface area contributed by atoms with E-state index in [1.165, 1.54) is 31.7 Å².